The lowest BCUT2D eigenvalue weighted by Gasteiger charge is -2.09. The van der Waals surface area contributed by atoms with Crippen LogP contribution in [0.5, 0.6) is 0 Å². The zero-order valence-corrected chi connectivity index (χ0v) is 12.6. The Bertz CT molecular complexity index is 853. The van der Waals surface area contributed by atoms with Crippen LogP contribution in [0.25, 0.3) is 0 Å². The molecule has 0 amide bonds. The van der Waals surface area contributed by atoms with Gasteiger partial charge in [-0.25, -0.2) is 4.79 Å². The number of anilines is 1. The van der Waals surface area contributed by atoms with Crippen LogP contribution in [0.2, 0.25) is 0 Å². The summed E-state index contributed by atoms with van der Waals surface area (Å²) in [6.45, 7) is 0. The minimum Gasteiger partial charge on any atom is -0.478 e. The molecule has 2 aromatic rings. The van der Waals surface area contributed by atoms with Crippen LogP contribution in [-0.2, 0) is 10.0 Å². The molecule has 8 nitrogen and oxygen atoms in total. The van der Waals surface area contributed by atoms with Crippen LogP contribution in [0, 0.1) is 11.3 Å². The van der Waals surface area contributed by atoms with Gasteiger partial charge in [0.25, 0.3) is 10.0 Å². The molecule has 21 heavy (non-hydrogen) atoms. The predicted octanol–water partition coefficient (Wildman–Crippen LogP) is 1.54. The summed E-state index contributed by atoms with van der Waals surface area (Å²) in [4.78, 5) is 10.9. The molecular formula is C11H7BrN4O4S. The van der Waals surface area contributed by atoms with Crippen LogP contribution in [0.4, 0.5) is 5.69 Å². The van der Waals surface area contributed by atoms with Gasteiger partial charge in [0.2, 0.25) is 0 Å². The number of aromatic carboxylic acids is 1. The number of aromatic amines is 1. The monoisotopic (exact) mass is 370 g/mol. The SMILES string of the molecule is N#Cc1ccc(NS(=O)(=O)c2[nH]ncc2C(=O)O)c(Br)c1. The number of carbonyl (C=O) groups is 1. The van der Waals surface area contributed by atoms with E-state index in [4.69, 9.17) is 10.4 Å². The largest absolute Gasteiger partial charge is 0.478 e. The fourth-order valence-corrected chi connectivity index (χ4v) is 3.28. The van der Waals surface area contributed by atoms with Crippen molar-refractivity contribution in [1.82, 2.24) is 10.2 Å². The Balaban J connectivity index is 2.41. The number of nitrogens with zero attached hydrogens (tertiary/aromatic N) is 2. The van der Waals surface area contributed by atoms with Crippen molar-refractivity contribution in [2.24, 2.45) is 0 Å². The highest BCUT2D eigenvalue weighted by Gasteiger charge is 2.25. The van der Waals surface area contributed by atoms with E-state index in [-0.39, 0.29) is 5.69 Å². The van der Waals surface area contributed by atoms with Crippen LogP contribution >= 0.6 is 15.9 Å². The molecule has 2 rings (SSSR count). The lowest BCUT2D eigenvalue weighted by molar-refractivity contribution is 0.0692. The van der Waals surface area contributed by atoms with Gasteiger partial charge in [-0.05, 0) is 34.1 Å². The highest BCUT2D eigenvalue weighted by Crippen LogP contribution is 2.26. The van der Waals surface area contributed by atoms with Gasteiger partial charge in [-0.2, -0.15) is 18.8 Å². The number of carboxylic acid groups (broad SMARTS) is 1. The summed E-state index contributed by atoms with van der Waals surface area (Å²) in [6, 6.07) is 6.15. The Kier molecular flexibility index (Phi) is 3.97. The maximum absolute atomic E-state index is 12.2. The number of nitriles is 1. The first-order valence-corrected chi connectivity index (χ1v) is 7.62. The van der Waals surface area contributed by atoms with Crippen LogP contribution in [0.1, 0.15) is 15.9 Å². The van der Waals surface area contributed by atoms with Crippen molar-refractivity contribution in [3.05, 3.63) is 40.0 Å². The molecule has 0 bridgehead atoms. The summed E-state index contributed by atoms with van der Waals surface area (Å²) >= 11 is 3.13. The van der Waals surface area contributed by atoms with E-state index in [1.54, 1.807) is 0 Å². The molecule has 1 aromatic carbocycles. The summed E-state index contributed by atoms with van der Waals surface area (Å²) in [5.74, 6) is -1.41. The number of halogens is 1. The molecule has 0 saturated heterocycles. The zero-order chi connectivity index (χ0) is 15.6. The fourth-order valence-electron chi connectivity index (χ4n) is 1.49. The third kappa shape index (κ3) is 3.04. The van der Waals surface area contributed by atoms with Crippen molar-refractivity contribution in [2.75, 3.05) is 4.72 Å². The molecule has 0 aliphatic rings. The van der Waals surface area contributed by atoms with Crippen LogP contribution < -0.4 is 4.72 Å². The molecule has 0 aliphatic carbocycles. The minimum atomic E-state index is -4.15. The zero-order valence-electron chi connectivity index (χ0n) is 10.2. The second kappa shape index (κ2) is 5.55. The Morgan fingerprint density at radius 1 is 1.48 bits per heavy atom. The quantitative estimate of drug-likeness (QED) is 0.746. The number of rotatable bonds is 4. The minimum absolute atomic E-state index is 0.167. The Hall–Kier alpha value is -2.38. The lowest BCUT2D eigenvalue weighted by atomic mass is 10.2. The van der Waals surface area contributed by atoms with Gasteiger partial charge in [-0.1, -0.05) is 0 Å². The van der Waals surface area contributed by atoms with Crippen molar-refractivity contribution in [1.29, 1.82) is 5.26 Å². The van der Waals surface area contributed by atoms with Gasteiger partial charge in [0, 0.05) is 4.47 Å². The molecule has 0 unspecified atom stereocenters. The molecule has 0 aliphatic heterocycles. The van der Waals surface area contributed by atoms with Gasteiger partial charge in [0.05, 0.1) is 23.5 Å². The van der Waals surface area contributed by atoms with E-state index >= 15 is 0 Å². The number of nitrogens with one attached hydrogen (secondary N) is 2. The first-order chi connectivity index (χ1) is 9.85. The molecule has 1 heterocycles. The number of H-pyrrole nitrogens is 1. The molecule has 0 atom stereocenters. The van der Waals surface area contributed by atoms with Gasteiger partial charge in [0.1, 0.15) is 5.56 Å². The van der Waals surface area contributed by atoms with Gasteiger partial charge < -0.3 is 5.11 Å². The average Bonchev–Trinajstić information content (AvgIpc) is 2.91. The average molecular weight is 371 g/mol. The maximum Gasteiger partial charge on any atom is 0.340 e. The van der Waals surface area contributed by atoms with E-state index in [0.717, 1.165) is 6.20 Å². The van der Waals surface area contributed by atoms with Crippen molar-refractivity contribution >= 4 is 37.6 Å². The summed E-state index contributed by atoms with van der Waals surface area (Å²) in [5.41, 5.74) is 0.0461. The summed E-state index contributed by atoms with van der Waals surface area (Å²) in [5, 5.41) is 22.7. The summed E-state index contributed by atoms with van der Waals surface area (Å²) < 4.78 is 26.9. The number of carboxylic acids is 1. The number of aromatic nitrogens is 2. The number of hydrogen-bond acceptors (Lipinski definition) is 5. The van der Waals surface area contributed by atoms with Crippen molar-refractivity contribution in [3.63, 3.8) is 0 Å². The Morgan fingerprint density at radius 3 is 2.76 bits per heavy atom. The number of sulfonamides is 1. The van der Waals surface area contributed by atoms with Gasteiger partial charge >= 0.3 is 5.97 Å². The molecule has 3 N–H and O–H groups in total. The topological polar surface area (TPSA) is 136 Å². The molecule has 108 valence electrons. The maximum atomic E-state index is 12.2. The number of hydrogen-bond donors (Lipinski definition) is 3. The highest BCUT2D eigenvalue weighted by atomic mass is 79.9. The highest BCUT2D eigenvalue weighted by molar-refractivity contribution is 9.10. The summed E-state index contributed by atoms with van der Waals surface area (Å²) in [7, 11) is -4.15. The third-order valence-corrected chi connectivity index (χ3v) is 4.44. The molecule has 0 spiro atoms. The van der Waals surface area contributed by atoms with Gasteiger partial charge in [-0.15, -0.1) is 0 Å². The van der Waals surface area contributed by atoms with Crippen LogP contribution in [-0.4, -0.2) is 29.7 Å². The molecule has 0 radical (unpaired) electrons. The standard InChI is InChI=1S/C11H7BrN4O4S/c12-8-3-6(4-13)1-2-9(8)16-21(19,20)10-7(11(17)18)5-14-15-10/h1-3,5,16H,(H,14,15)(H,17,18). The van der Waals surface area contributed by atoms with E-state index in [1.807, 2.05) is 6.07 Å². The predicted molar refractivity (Wildman–Crippen MR) is 75.2 cm³/mol. The van der Waals surface area contributed by atoms with Crippen LogP contribution in [0.15, 0.2) is 33.9 Å². The van der Waals surface area contributed by atoms with E-state index < -0.39 is 26.6 Å². The molecule has 0 saturated carbocycles. The van der Waals surface area contributed by atoms with E-state index in [1.165, 1.54) is 18.2 Å². The van der Waals surface area contributed by atoms with E-state index in [0.29, 0.717) is 10.0 Å². The first kappa shape index (κ1) is 15.0. The molecule has 10 heteroatoms. The second-order valence-corrected chi connectivity index (χ2v) is 6.30. The van der Waals surface area contributed by atoms with Crippen LogP contribution in [0.3, 0.4) is 0 Å². The lowest BCUT2D eigenvalue weighted by Crippen LogP contribution is -2.17. The normalized spacial score (nSPS) is 10.9. The smallest absolute Gasteiger partial charge is 0.340 e. The molecule has 1 aromatic heterocycles. The molecular weight excluding hydrogens is 364 g/mol. The first-order valence-electron chi connectivity index (χ1n) is 5.34. The fraction of sp³-hybridized carbons (Fsp3) is 0. The Labute approximate surface area is 127 Å². The van der Waals surface area contributed by atoms with Crippen molar-refractivity contribution in [3.8, 4) is 6.07 Å². The third-order valence-electron chi connectivity index (χ3n) is 2.45. The van der Waals surface area contributed by atoms with E-state index in [2.05, 4.69) is 30.8 Å². The second-order valence-electron chi connectivity index (χ2n) is 3.83. The van der Waals surface area contributed by atoms with Gasteiger partial charge in [0.15, 0.2) is 5.03 Å². The van der Waals surface area contributed by atoms with Crippen molar-refractivity contribution < 1.29 is 18.3 Å². The van der Waals surface area contributed by atoms with Crippen molar-refractivity contribution in [2.45, 2.75) is 5.03 Å². The van der Waals surface area contributed by atoms with E-state index in [9.17, 15) is 13.2 Å². The van der Waals surface area contributed by atoms with Gasteiger partial charge in [-0.3, -0.25) is 9.82 Å². The Morgan fingerprint density at radius 2 is 2.19 bits per heavy atom. The summed E-state index contributed by atoms with van der Waals surface area (Å²) in [6.07, 6.45) is 0.907. The molecule has 0 fully saturated rings. The number of benzene rings is 1.